The van der Waals surface area contributed by atoms with E-state index in [0.717, 1.165) is 15.3 Å². The topological polar surface area (TPSA) is 181 Å². The molecule has 0 atom stereocenters. The zero-order valence-corrected chi connectivity index (χ0v) is 24.2. The van der Waals surface area contributed by atoms with Crippen molar-refractivity contribution in [2.45, 2.75) is 52.0 Å². The van der Waals surface area contributed by atoms with E-state index in [0.29, 0.717) is 6.42 Å². The third-order valence-electron chi connectivity index (χ3n) is 5.81. The van der Waals surface area contributed by atoms with Crippen LogP contribution in [0.3, 0.4) is 0 Å². The number of aromatic hydroxyl groups is 1. The summed E-state index contributed by atoms with van der Waals surface area (Å²) in [4.78, 5) is 35.7. The average Bonchev–Trinajstić information content (AvgIpc) is 2.92. The summed E-state index contributed by atoms with van der Waals surface area (Å²) in [5, 5.41) is 27.9. The highest BCUT2D eigenvalue weighted by atomic mass is 32.2. The first-order valence-corrected chi connectivity index (χ1v) is 14.1. The number of hydrogen-bond donors (Lipinski definition) is 1. The molecule has 2 aromatic rings. The monoisotopic (exact) mass is 587 g/mol. The lowest BCUT2D eigenvalue weighted by Gasteiger charge is -2.22. The summed E-state index contributed by atoms with van der Waals surface area (Å²) in [6.07, 6.45) is 1.36. The molecule has 14 heteroatoms. The van der Waals surface area contributed by atoms with Gasteiger partial charge in [-0.3, -0.25) is 14.2 Å². The van der Waals surface area contributed by atoms with Crippen LogP contribution >= 0.6 is 0 Å². The van der Waals surface area contributed by atoms with E-state index >= 15 is 0 Å². The number of pyridine rings is 1. The number of esters is 2. The van der Waals surface area contributed by atoms with Crippen LogP contribution in [-0.4, -0.2) is 60.6 Å². The van der Waals surface area contributed by atoms with Gasteiger partial charge >= 0.3 is 11.9 Å². The molecule has 1 heterocycles. The highest BCUT2D eigenvalue weighted by Gasteiger charge is 2.25. The van der Waals surface area contributed by atoms with Crippen molar-refractivity contribution in [3.05, 3.63) is 57.9 Å². The fourth-order valence-electron chi connectivity index (χ4n) is 3.53. The van der Waals surface area contributed by atoms with E-state index in [2.05, 4.69) is 16.8 Å². The molecule has 0 aliphatic rings. The number of ether oxygens (including phenoxy) is 2. The number of hydrogen-bond acceptors (Lipinski definition) is 11. The molecule has 0 saturated carbocycles. The Hall–Kier alpha value is -4.35. The van der Waals surface area contributed by atoms with Crippen molar-refractivity contribution < 1.29 is 32.6 Å². The molecule has 0 fully saturated rings. The van der Waals surface area contributed by atoms with Gasteiger partial charge in [0.05, 0.1) is 10.6 Å². The Morgan fingerprint density at radius 2 is 1.73 bits per heavy atom. The molecule has 1 aromatic heterocycles. The lowest BCUT2D eigenvalue weighted by molar-refractivity contribution is -0.141. The number of aromatic nitrogens is 1. The Kier molecular flexibility index (Phi) is 11.9. The second-order valence-electron chi connectivity index (χ2n) is 8.95. The number of benzene rings is 1. The van der Waals surface area contributed by atoms with Crippen LogP contribution in [0.15, 0.2) is 56.3 Å². The van der Waals surface area contributed by atoms with Crippen LogP contribution in [0, 0.1) is 18.3 Å². The predicted octanol–water partition coefficient (Wildman–Crippen LogP) is 3.62. The van der Waals surface area contributed by atoms with Gasteiger partial charge in [0.25, 0.3) is 5.56 Å². The van der Waals surface area contributed by atoms with Gasteiger partial charge in [-0.1, -0.05) is 19.9 Å². The lowest BCUT2D eigenvalue weighted by Crippen LogP contribution is -2.37. The second-order valence-corrected chi connectivity index (χ2v) is 10.9. The number of carbonyl (C=O) groups excluding carboxylic acids is 2. The van der Waals surface area contributed by atoms with E-state index < -0.39 is 33.4 Å². The lowest BCUT2D eigenvalue weighted by atomic mass is 10.1. The highest BCUT2D eigenvalue weighted by Crippen LogP contribution is 2.28. The molecule has 1 N–H and O–H groups in total. The maximum atomic E-state index is 13.3. The minimum atomic E-state index is -4.10. The van der Waals surface area contributed by atoms with Gasteiger partial charge in [-0.25, -0.2) is 13.2 Å². The Bertz CT molecular complexity index is 1520. The first-order chi connectivity index (χ1) is 19.3. The zero-order chi connectivity index (χ0) is 30.7. The highest BCUT2D eigenvalue weighted by molar-refractivity contribution is 7.89. The molecule has 0 aliphatic heterocycles. The summed E-state index contributed by atoms with van der Waals surface area (Å²) < 4.78 is 38.6. The van der Waals surface area contributed by atoms with Gasteiger partial charge in [0.15, 0.2) is 5.69 Å². The maximum absolute atomic E-state index is 13.3. The van der Waals surface area contributed by atoms with Gasteiger partial charge in [-0.2, -0.15) is 14.7 Å². The summed E-state index contributed by atoms with van der Waals surface area (Å²) in [7, 11) is -4.10. The smallest absolute Gasteiger partial charge is 0.333 e. The van der Waals surface area contributed by atoms with Gasteiger partial charge in [-0.15, -0.1) is 5.11 Å². The molecule has 0 amide bonds. The van der Waals surface area contributed by atoms with Crippen LogP contribution in [0.2, 0.25) is 0 Å². The number of rotatable bonds is 14. The van der Waals surface area contributed by atoms with Gasteiger partial charge < -0.3 is 14.6 Å². The van der Waals surface area contributed by atoms with Crippen molar-refractivity contribution in [1.82, 2.24) is 8.87 Å². The molecule has 1 aromatic carbocycles. The number of azo groups is 1. The minimum absolute atomic E-state index is 0.0844. The fourth-order valence-corrected chi connectivity index (χ4v) is 4.94. The van der Waals surface area contributed by atoms with E-state index in [4.69, 9.17) is 9.47 Å². The molecule has 41 heavy (non-hydrogen) atoms. The summed E-state index contributed by atoms with van der Waals surface area (Å²) in [5.41, 5.74) is -0.258. The van der Waals surface area contributed by atoms with Crippen molar-refractivity contribution in [3.8, 4) is 11.9 Å². The van der Waals surface area contributed by atoms with E-state index in [1.165, 1.54) is 45.0 Å². The fraction of sp³-hybridized carbons (Fsp3) is 0.407. The normalized spacial score (nSPS) is 11.4. The van der Waals surface area contributed by atoms with Crippen molar-refractivity contribution in [1.29, 1.82) is 5.26 Å². The third kappa shape index (κ3) is 8.57. The molecular weight excluding hydrogens is 554 g/mol. The van der Waals surface area contributed by atoms with Crippen LogP contribution in [0.5, 0.6) is 5.88 Å². The van der Waals surface area contributed by atoms with Crippen LogP contribution in [0.25, 0.3) is 0 Å². The number of unbranched alkanes of at least 4 members (excludes halogenated alkanes) is 1. The van der Waals surface area contributed by atoms with Crippen LogP contribution < -0.4 is 5.56 Å². The first-order valence-electron chi connectivity index (χ1n) is 12.7. The number of nitrogens with zero attached hydrogens (tertiary/aromatic N) is 5. The Morgan fingerprint density at radius 1 is 1.12 bits per heavy atom. The first kappa shape index (κ1) is 32.9. The molecule has 13 nitrogen and oxygen atoms in total. The van der Waals surface area contributed by atoms with Gasteiger partial charge in [0, 0.05) is 37.7 Å². The van der Waals surface area contributed by atoms with Crippen molar-refractivity contribution in [3.63, 3.8) is 0 Å². The zero-order valence-electron chi connectivity index (χ0n) is 23.4. The maximum Gasteiger partial charge on any atom is 0.333 e. The molecule has 0 spiro atoms. The summed E-state index contributed by atoms with van der Waals surface area (Å²) in [6, 6.07) is 7.20. The second kappa shape index (κ2) is 14.9. The van der Waals surface area contributed by atoms with Crippen molar-refractivity contribution >= 4 is 33.3 Å². The minimum Gasteiger partial charge on any atom is -0.493 e. The van der Waals surface area contributed by atoms with E-state index in [-0.39, 0.29) is 65.8 Å². The average molecular weight is 588 g/mol. The molecule has 220 valence electrons. The van der Waals surface area contributed by atoms with Crippen molar-refractivity contribution in [2.24, 2.45) is 10.2 Å². The molecule has 0 saturated heterocycles. The Balaban J connectivity index is 2.34. The van der Waals surface area contributed by atoms with Crippen LogP contribution in [0.4, 0.5) is 11.4 Å². The molecular formula is C27H33N5O8S. The molecule has 2 rings (SSSR count). The molecule has 0 unspecified atom stereocenters. The number of carbonyl (C=O) groups is 2. The third-order valence-corrected chi connectivity index (χ3v) is 7.73. The van der Waals surface area contributed by atoms with Crippen LogP contribution in [-0.2, 0) is 35.6 Å². The van der Waals surface area contributed by atoms with Gasteiger partial charge in [0.2, 0.25) is 15.9 Å². The van der Waals surface area contributed by atoms with E-state index in [1.807, 2.05) is 13.0 Å². The van der Waals surface area contributed by atoms with E-state index in [1.54, 1.807) is 0 Å². The van der Waals surface area contributed by atoms with Gasteiger partial charge in [-0.05, 0) is 44.5 Å². The Morgan fingerprint density at radius 3 is 2.27 bits per heavy atom. The van der Waals surface area contributed by atoms with E-state index in [9.17, 15) is 33.2 Å². The molecule has 0 aliphatic carbocycles. The molecule has 0 radical (unpaired) electrons. The number of nitriles is 1. The summed E-state index contributed by atoms with van der Waals surface area (Å²) >= 11 is 0. The largest absolute Gasteiger partial charge is 0.493 e. The Labute approximate surface area is 238 Å². The van der Waals surface area contributed by atoms with Gasteiger partial charge in [0.1, 0.15) is 24.8 Å². The summed E-state index contributed by atoms with van der Waals surface area (Å²) in [5.74, 6) is -1.67. The summed E-state index contributed by atoms with van der Waals surface area (Å²) in [6.45, 7) is 8.90. The standard InChI is InChI=1S/C27H33N5O8S/c1-6-7-12-32-25(34)23(17-28)19(4)24(26(32)35)30-29-21-8-10-22(11-9-21)41(37,38)31(13-15-39-20(5)33)14-16-40-27(36)18(2)3/h8-11,34H,2,6-7,12-16H2,1,3-5H3. The van der Waals surface area contributed by atoms with Crippen LogP contribution in [0.1, 0.15) is 44.7 Å². The SMILES string of the molecule is C=C(C)C(=O)OCCN(CCOC(C)=O)S(=O)(=O)c1ccc(N=Nc2c(C)c(C#N)c(O)n(CCCC)c2=O)cc1. The quantitative estimate of drug-likeness (QED) is 0.196. The molecule has 0 bridgehead atoms. The van der Waals surface area contributed by atoms with Crippen molar-refractivity contribution in [2.75, 3.05) is 26.3 Å². The predicted molar refractivity (Wildman–Crippen MR) is 149 cm³/mol. The number of sulfonamides is 1.